The van der Waals surface area contributed by atoms with E-state index in [9.17, 15) is 19.5 Å². The van der Waals surface area contributed by atoms with E-state index in [1.807, 2.05) is 0 Å². The van der Waals surface area contributed by atoms with Gasteiger partial charge in [-0.25, -0.2) is 0 Å². The monoisotopic (exact) mass is 396 g/mol. The molecule has 28 heavy (non-hydrogen) atoms. The zero-order valence-corrected chi connectivity index (χ0v) is 18.0. The zero-order chi connectivity index (χ0) is 21.2. The van der Waals surface area contributed by atoms with Gasteiger partial charge >= 0.3 is 5.97 Å². The molecule has 1 aliphatic carbocycles. The van der Waals surface area contributed by atoms with Crippen LogP contribution in [0.2, 0.25) is 0 Å². The Morgan fingerprint density at radius 2 is 1.71 bits per heavy atom. The molecule has 162 valence electrons. The van der Waals surface area contributed by atoms with Gasteiger partial charge in [0, 0.05) is 30.6 Å². The Bertz CT molecular complexity index is 515. The number of aliphatic carboxylic acids is 1. The lowest BCUT2D eigenvalue weighted by molar-refractivity contribution is -0.137. The number of carbonyl (C=O) groups excluding carboxylic acids is 2. The molecule has 0 radical (unpaired) electrons. The molecule has 0 aromatic rings. The summed E-state index contributed by atoms with van der Waals surface area (Å²) in [6, 6.07) is 0. The first-order valence-corrected chi connectivity index (χ1v) is 11.2. The van der Waals surface area contributed by atoms with E-state index in [-0.39, 0.29) is 41.7 Å². The van der Waals surface area contributed by atoms with E-state index in [1.165, 1.54) is 0 Å². The van der Waals surface area contributed by atoms with E-state index in [1.54, 1.807) is 0 Å². The van der Waals surface area contributed by atoms with Crippen LogP contribution in [0.4, 0.5) is 0 Å². The molecule has 0 amide bonds. The third-order valence-electron chi connectivity index (χ3n) is 6.73. The fraction of sp³-hybridized carbons (Fsp3) is 0.870. The van der Waals surface area contributed by atoms with Gasteiger partial charge in [-0.3, -0.25) is 14.4 Å². The molecule has 0 aliphatic heterocycles. The first-order chi connectivity index (χ1) is 13.2. The fourth-order valence-corrected chi connectivity index (χ4v) is 4.46. The lowest BCUT2D eigenvalue weighted by Gasteiger charge is -2.28. The minimum absolute atomic E-state index is 0.109. The minimum atomic E-state index is -0.767. The van der Waals surface area contributed by atoms with Crippen molar-refractivity contribution in [2.75, 3.05) is 0 Å². The smallest absolute Gasteiger partial charge is 0.303 e. The summed E-state index contributed by atoms with van der Waals surface area (Å²) >= 11 is 0. The molecule has 0 aromatic heterocycles. The number of rotatable bonds is 15. The molecule has 5 heteroatoms. The zero-order valence-electron chi connectivity index (χ0n) is 18.0. The fourth-order valence-electron chi connectivity index (χ4n) is 4.46. The van der Waals surface area contributed by atoms with Crippen molar-refractivity contribution in [3.8, 4) is 0 Å². The SMILES string of the molecule is CCCCC(C)(CC)C(=O)CC[C@H]1[C@H](O)CC(=O)[C@@H]1CCCCCCC(=O)O. The van der Waals surface area contributed by atoms with Gasteiger partial charge in [0.15, 0.2) is 0 Å². The maximum atomic E-state index is 12.8. The first-order valence-electron chi connectivity index (χ1n) is 11.2. The highest BCUT2D eigenvalue weighted by Crippen LogP contribution is 2.38. The summed E-state index contributed by atoms with van der Waals surface area (Å²) < 4.78 is 0. The van der Waals surface area contributed by atoms with Gasteiger partial charge in [-0.15, -0.1) is 0 Å². The highest BCUT2D eigenvalue weighted by atomic mass is 16.4. The van der Waals surface area contributed by atoms with Crippen molar-refractivity contribution in [2.24, 2.45) is 17.3 Å². The van der Waals surface area contributed by atoms with Crippen LogP contribution in [0.1, 0.15) is 104 Å². The lowest BCUT2D eigenvalue weighted by atomic mass is 9.75. The lowest BCUT2D eigenvalue weighted by Crippen LogP contribution is -2.29. The summed E-state index contributed by atoms with van der Waals surface area (Å²) in [5, 5.41) is 19.0. The second-order valence-electron chi connectivity index (χ2n) is 8.83. The number of hydrogen-bond donors (Lipinski definition) is 2. The van der Waals surface area contributed by atoms with Crippen molar-refractivity contribution in [3.05, 3.63) is 0 Å². The van der Waals surface area contributed by atoms with Crippen molar-refractivity contribution in [1.82, 2.24) is 0 Å². The van der Waals surface area contributed by atoms with Crippen LogP contribution in [0, 0.1) is 17.3 Å². The van der Waals surface area contributed by atoms with Crippen LogP contribution >= 0.6 is 0 Å². The molecule has 1 unspecified atom stereocenters. The predicted octanol–water partition coefficient (Wildman–Crippen LogP) is 4.93. The van der Waals surface area contributed by atoms with Crippen molar-refractivity contribution in [2.45, 2.75) is 110 Å². The molecule has 0 bridgehead atoms. The maximum absolute atomic E-state index is 12.8. The molecule has 4 atom stereocenters. The Hall–Kier alpha value is -1.23. The molecule has 5 nitrogen and oxygen atoms in total. The summed E-state index contributed by atoms with van der Waals surface area (Å²) in [4.78, 5) is 35.7. The largest absolute Gasteiger partial charge is 0.481 e. The molecule has 1 rings (SSSR count). The summed E-state index contributed by atoms with van der Waals surface area (Å²) in [6.07, 6.45) is 8.72. The minimum Gasteiger partial charge on any atom is -0.481 e. The van der Waals surface area contributed by atoms with Gasteiger partial charge in [0.25, 0.3) is 0 Å². The van der Waals surface area contributed by atoms with Gasteiger partial charge in [-0.1, -0.05) is 52.9 Å². The number of ketones is 2. The molecular weight excluding hydrogens is 356 g/mol. The Kier molecular flexibility index (Phi) is 10.9. The van der Waals surface area contributed by atoms with Gasteiger partial charge in [-0.2, -0.15) is 0 Å². The molecule has 0 aromatic carbocycles. The van der Waals surface area contributed by atoms with Gasteiger partial charge in [-0.05, 0) is 38.0 Å². The summed E-state index contributed by atoms with van der Waals surface area (Å²) in [7, 11) is 0. The van der Waals surface area contributed by atoms with Crippen molar-refractivity contribution in [1.29, 1.82) is 0 Å². The molecule has 1 saturated carbocycles. The average Bonchev–Trinajstić information content (AvgIpc) is 2.92. The number of carboxylic acids is 1. The normalized spacial score (nSPS) is 24.3. The number of aliphatic hydroxyl groups excluding tert-OH is 1. The summed E-state index contributed by atoms with van der Waals surface area (Å²) in [6.45, 7) is 6.25. The summed E-state index contributed by atoms with van der Waals surface area (Å²) in [5.74, 6) is -0.632. The number of carboxylic acid groups (broad SMARTS) is 1. The Balaban J connectivity index is 2.51. The van der Waals surface area contributed by atoms with Crippen molar-refractivity contribution >= 4 is 17.5 Å². The first kappa shape index (κ1) is 24.8. The van der Waals surface area contributed by atoms with E-state index < -0.39 is 12.1 Å². The second-order valence-corrected chi connectivity index (χ2v) is 8.83. The Morgan fingerprint density at radius 1 is 1.04 bits per heavy atom. The van der Waals surface area contributed by atoms with Crippen LogP contribution < -0.4 is 0 Å². The highest BCUT2D eigenvalue weighted by molar-refractivity contribution is 5.86. The maximum Gasteiger partial charge on any atom is 0.303 e. The third-order valence-corrected chi connectivity index (χ3v) is 6.73. The Morgan fingerprint density at radius 3 is 2.32 bits per heavy atom. The van der Waals surface area contributed by atoms with E-state index in [0.717, 1.165) is 51.4 Å². The number of carbonyl (C=O) groups is 3. The number of hydrogen-bond acceptors (Lipinski definition) is 4. The number of aliphatic hydroxyl groups is 1. The van der Waals surface area contributed by atoms with Gasteiger partial charge in [0.05, 0.1) is 6.10 Å². The summed E-state index contributed by atoms with van der Waals surface area (Å²) in [5.41, 5.74) is -0.288. The van der Waals surface area contributed by atoms with Crippen LogP contribution in [0.5, 0.6) is 0 Å². The van der Waals surface area contributed by atoms with Crippen LogP contribution in [-0.2, 0) is 14.4 Å². The van der Waals surface area contributed by atoms with E-state index >= 15 is 0 Å². The van der Waals surface area contributed by atoms with Crippen LogP contribution in [0.15, 0.2) is 0 Å². The highest BCUT2D eigenvalue weighted by Gasteiger charge is 2.41. The second kappa shape index (κ2) is 12.4. The topological polar surface area (TPSA) is 91.7 Å². The average molecular weight is 397 g/mol. The van der Waals surface area contributed by atoms with Gasteiger partial charge < -0.3 is 10.2 Å². The van der Waals surface area contributed by atoms with E-state index in [0.29, 0.717) is 19.3 Å². The quantitative estimate of drug-likeness (QED) is 0.383. The Labute approximate surface area is 170 Å². The molecule has 0 spiro atoms. The molecule has 0 heterocycles. The molecule has 1 aliphatic rings. The number of Topliss-reactive ketones (excluding diaryl/α,β-unsaturated/α-hetero) is 2. The predicted molar refractivity (Wildman–Crippen MR) is 110 cm³/mol. The van der Waals surface area contributed by atoms with Gasteiger partial charge in [0.1, 0.15) is 11.6 Å². The van der Waals surface area contributed by atoms with Crippen LogP contribution in [-0.4, -0.2) is 33.9 Å². The van der Waals surface area contributed by atoms with Gasteiger partial charge in [0.2, 0.25) is 0 Å². The van der Waals surface area contributed by atoms with Crippen molar-refractivity contribution in [3.63, 3.8) is 0 Å². The third kappa shape index (κ3) is 7.65. The van der Waals surface area contributed by atoms with E-state index in [2.05, 4.69) is 20.8 Å². The molecule has 0 saturated heterocycles. The molecule has 2 N–H and O–H groups in total. The van der Waals surface area contributed by atoms with Crippen LogP contribution in [0.3, 0.4) is 0 Å². The van der Waals surface area contributed by atoms with Crippen molar-refractivity contribution < 1.29 is 24.6 Å². The number of unbranched alkanes of at least 4 members (excludes halogenated alkanes) is 4. The molecule has 1 fully saturated rings. The van der Waals surface area contributed by atoms with Crippen LogP contribution in [0.25, 0.3) is 0 Å². The standard InChI is InChI=1S/C23H40O5/c1-4-6-15-23(3,5-2)21(26)14-13-18-17(19(24)16-20(18)25)11-9-7-8-10-12-22(27)28/h17-18,20,25H,4-16H2,1-3H3,(H,27,28)/t17-,18-,20-,23?/m1/s1. The molecular formula is C23H40O5. The van der Waals surface area contributed by atoms with E-state index in [4.69, 9.17) is 5.11 Å².